The molecule has 3 atom stereocenters. The largest absolute Gasteiger partial charge is 0.480 e. The van der Waals surface area contributed by atoms with Gasteiger partial charge >= 0.3 is 5.97 Å². The van der Waals surface area contributed by atoms with Gasteiger partial charge in [0, 0.05) is 18.1 Å². The first-order valence-electron chi connectivity index (χ1n) is 7.28. The monoisotopic (exact) mass is 293 g/mol. The Hall–Kier alpha value is -1.06. The maximum Gasteiger partial charge on any atom is 0.321 e. The van der Waals surface area contributed by atoms with E-state index >= 15 is 0 Å². The van der Waals surface area contributed by atoms with Crippen LogP contribution in [-0.2, 0) is 11.3 Å². The third-order valence-electron chi connectivity index (χ3n) is 4.92. The van der Waals surface area contributed by atoms with E-state index in [-0.39, 0.29) is 6.04 Å². The van der Waals surface area contributed by atoms with Gasteiger partial charge in [0.25, 0.3) is 0 Å². The van der Waals surface area contributed by atoms with Gasteiger partial charge in [-0.25, -0.2) is 0 Å². The number of aliphatic carboxylic acids is 1. The van der Waals surface area contributed by atoms with E-state index in [2.05, 4.69) is 4.90 Å². The second-order valence-corrected chi connectivity index (χ2v) is 6.57. The van der Waals surface area contributed by atoms with E-state index in [0.29, 0.717) is 18.4 Å². The molecule has 1 saturated heterocycles. The number of nitrogens with zero attached hydrogens (tertiary/aromatic N) is 1. The summed E-state index contributed by atoms with van der Waals surface area (Å²) in [6, 6.07) is 5.54. The van der Waals surface area contributed by atoms with Crippen LogP contribution in [0.25, 0.3) is 0 Å². The highest BCUT2D eigenvalue weighted by atomic mass is 35.5. The van der Waals surface area contributed by atoms with Crippen LogP contribution in [0, 0.1) is 18.8 Å². The van der Waals surface area contributed by atoms with E-state index in [9.17, 15) is 9.90 Å². The first-order valence-corrected chi connectivity index (χ1v) is 7.66. The molecular weight excluding hydrogens is 274 g/mol. The van der Waals surface area contributed by atoms with E-state index in [1.165, 1.54) is 18.4 Å². The van der Waals surface area contributed by atoms with Crippen LogP contribution in [0.15, 0.2) is 18.2 Å². The van der Waals surface area contributed by atoms with Gasteiger partial charge in [0.2, 0.25) is 0 Å². The highest BCUT2D eigenvalue weighted by Crippen LogP contribution is 2.42. The van der Waals surface area contributed by atoms with Crippen molar-refractivity contribution >= 4 is 17.6 Å². The maximum absolute atomic E-state index is 11.6. The number of aryl methyl sites for hydroxylation is 1. The second kappa shape index (κ2) is 5.38. The maximum atomic E-state index is 11.6. The number of likely N-dealkylation sites (tertiary alicyclic amines) is 1. The molecule has 1 aliphatic carbocycles. The lowest BCUT2D eigenvalue weighted by Crippen LogP contribution is -2.39. The predicted octanol–water partition coefficient (Wildman–Crippen LogP) is 3.33. The van der Waals surface area contributed by atoms with Gasteiger partial charge in [-0.15, -0.1) is 0 Å². The minimum atomic E-state index is -0.661. The van der Waals surface area contributed by atoms with Gasteiger partial charge in [0.1, 0.15) is 6.04 Å². The fourth-order valence-electron chi connectivity index (χ4n) is 3.95. The standard InChI is InChI=1S/C16H20ClNO2/c1-10-7-13(17)6-5-11(10)8-18-9-12-3-2-4-14(12)15(18)16(19)20/h5-7,12,14-15H,2-4,8-9H2,1H3,(H,19,20). The highest BCUT2D eigenvalue weighted by molar-refractivity contribution is 6.30. The molecule has 4 heteroatoms. The summed E-state index contributed by atoms with van der Waals surface area (Å²) in [5.74, 6) is 0.259. The van der Waals surface area contributed by atoms with E-state index in [0.717, 1.165) is 23.6 Å². The van der Waals surface area contributed by atoms with Crippen LogP contribution in [0.1, 0.15) is 30.4 Å². The molecule has 1 saturated carbocycles. The number of halogens is 1. The number of hydrogen-bond donors (Lipinski definition) is 1. The normalized spacial score (nSPS) is 29.6. The molecule has 20 heavy (non-hydrogen) atoms. The average Bonchev–Trinajstić information content (AvgIpc) is 2.91. The molecule has 2 aliphatic rings. The number of rotatable bonds is 3. The Balaban J connectivity index is 1.81. The number of carboxylic acid groups (broad SMARTS) is 1. The molecule has 3 nitrogen and oxygen atoms in total. The zero-order chi connectivity index (χ0) is 14.3. The van der Waals surface area contributed by atoms with Crippen molar-refractivity contribution in [3.8, 4) is 0 Å². The van der Waals surface area contributed by atoms with Crippen LogP contribution in [0.4, 0.5) is 0 Å². The van der Waals surface area contributed by atoms with E-state index < -0.39 is 5.97 Å². The molecule has 3 unspecified atom stereocenters. The Bertz CT molecular complexity index is 531. The Morgan fingerprint density at radius 1 is 1.45 bits per heavy atom. The number of benzene rings is 1. The van der Waals surface area contributed by atoms with Crippen molar-refractivity contribution in [2.75, 3.05) is 6.54 Å². The van der Waals surface area contributed by atoms with Gasteiger partial charge in [0.15, 0.2) is 0 Å². The van der Waals surface area contributed by atoms with Crippen LogP contribution in [0.2, 0.25) is 5.02 Å². The third kappa shape index (κ3) is 2.45. The average molecular weight is 294 g/mol. The number of fused-ring (bicyclic) bond motifs is 1. The van der Waals surface area contributed by atoms with Crippen molar-refractivity contribution in [2.24, 2.45) is 11.8 Å². The lowest BCUT2D eigenvalue weighted by molar-refractivity contribution is -0.143. The van der Waals surface area contributed by atoms with Crippen LogP contribution in [0.3, 0.4) is 0 Å². The van der Waals surface area contributed by atoms with Gasteiger partial charge in [-0.05, 0) is 54.9 Å². The summed E-state index contributed by atoms with van der Waals surface area (Å²) in [6.07, 6.45) is 3.44. The Kier molecular flexibility index (Phi) is 3.74. The van der Waals surface area contributed by atoms with Gasteiger partial charge < -0.3 is 5.11 Å². The first-order chi connectivity index (χ1) is 9.56. The number of carbonyl (C=O) groups is 1. The zero-order valence-electron chi connectivity index (χ0n) is 11.7. The van der Waals surface area contributed by atoms with Crippen molar-refractivity contribution in [3.63, 3.8) is 0 Å². The van der Waals surface area contributed by atoms with E-state index in [4.69, 9.17) is 11.6 Å². The molecule has 1 aromatic rings. The van der Waals surface area contributed by atoms with Crippen molar-refractivity contribution < 1.29 is 9.90 Å². The molecule has 2 fully saturated rings. The molecule has 0 aromatic heterocycles. The zero-order valence-corrected chi connectivity index (χ0v) is 12.4. The molecule has 1 aromatic carbocycles. The smallest absolute Gasteiger partial charge is 0.321 e. The van der Waals surface area contributed by atoms with E-state index in [1.807, 2.05) is 25.1 Å². The topological polar surface area (TPSA) is 40.5 Å². The Labute approximate surface area is 124 Å². The first kappa shape index (κ1) is 13.9. The van der Waals surface area contributed by atoms with Crippen molar-refractivity contribution in [3.05, 3.63) is 34.3 Å². The Morgan fingerprint density at radius 3 is 2.95 bits per heavy atom. The van der Waals surface area contributed by atoms with Gasteiger partial charge in [0.05, 0.1) is 0 Å². The van der Waals surface area contributed by atoms with Gasteiger partial charge in [-0.3, -0.25) is 9.69 Å². The lowest BCUT2D eigenvalue weighted by Gasteiger charge is -2.25. The molecule has 1 heterocycles. The Morgan fingerprint density at radius 2 is 2.25 bits per heavy atom. The minimum Gasteiger partial charge on any atom is -0.480 e. The summed E-state index contributed by atoms with van der Waals surface area (Å²) >= 11 is 5.98. The molecule has 1 aliphatic heterocycles. The summed E-state index contributed by atoms with van der Waals surface area (Å²) in [6.45, 7) is 3.67. The molecule has 108 valence electrons. The number of hydrogen-bond acceptors (Lipinski definition) is 2. The highest BCUT2D eigenvalue weighted by Gasteiger charge is 2.47. The second-order valence-electron chi connectivity index (χ2n) is 6.14. The summed E-state index contributed by atoms with van der Waals surface area (Å²) < 4.78 is 0. The molecule has 3 rings (SSSR count). The summed E-state index contributed by atoms with van der Waals surface area (Å²) in [4.78, 5) is 13.8. The number of carboxylic acids is 1. The fourth-order valence-corrected chi connectivity index (χ4v) is 4.18. The van der Waals surface area contributed by atoms with Crippen LogP contribution in [-0.4, -0.2) is 28.6 Å². The predicted molar refractivity (Wildman–Crippen MR) is 78.9 cm³/mol. The summed E-state index contributed by atoms with van der Waals surface area (Å²) in [7, 11) is 0. The minimum absolute atomic E-state index is 0.308. The van der Waals surface area contributed by atoms with Crippen LogP contribution >= 0.6 is 11.6 Å². The van der Waals surface area contributed by atoms with Gasteiger partial charge in [-0.2, -0.15) is 0 Å². The van der Waals surface area contributed by atoms with Crippen molar-refractivity contribution in [1.82, 2.24) is 4.90 Å². The van der Waals surface area contributed by atoms with Crippen molar-refractivity contribution in [2.45, 2.75) is 38.8 Å². The fraction of sp³-hybridized carbons (Fsp3) is 0.562. The van der Waals surface area contributed by atoms with Crippen molar-refractivity contribution in [1.29, 1.82) is 0 Å². The third-order valence-corrected chi connectivity index (χ3v) is 5.15. The summed E-state index contributed by atoms with van der Waals surface area (Å²) in [5.41, 5.74) is 2.32. The van der Waals surface area contributed by atoms with Gasteiger partial charge in [-0.1, -0.05) is 24.1 Å². The van der Waals surface area contributed by atoms with Crippen LogP contribution in [0.5, 0.6) is 0 Å². The molecular formula is C16H20ClNO2. The lowest BCUT2D eigenvalue weighted by atomic mass is 9.94. The van der Waals surface area contributed by atoms with E-state index in [1.54, 1.807) is 0 Å². The molecule has 1 N–H and O–H groups in total. The molecule has 0 amide bonds. The quantitative estimate of drug-likeness (QED) is 0.929. The van der Waals surface area contributed by atoms with Crippen LogP contribution < -0.4 is 0 Å². The molecule has 0 radical (unpaired) electrons. The SMILES string of the molecule is Cc1cc(Cl)ccc1CN1CC2CCCC2C1C(=O)O. The molecule has 0 spiro atoms. The summed E-state index contributed by atoms with van der Waals surface area (Å²) in [5, 5.41) is 10.3. The molecule has 0 bridgehead atoms.